The van der Waals surface area contributed by atoms with E-state index < -0.39 is 0 Å². The lowest BCUT2D eigenvalue weighted by Gasteiger charge is -2.21. The molecule has 9 heteroatoms. The van der Waals surface area contributed by atoms with Gasteiger partial charge in [0, 0.05) is 31.1 Å². The number of nitrogens with zero attached hydrogens (tertiary/aromatic N) is 2. The number of ether oxygens (including phenoxy) is 1. The second-order valence-corrected chi connectivity index (χ2v) is 8.90. The minimum Gasteiger partial charge on any atom is -0.383 e. The molecule has 0 radical (unpaired) electrons. The van der Waals surface area contributed by atoms with Crippen molar-refractivity contribution in [2.75, 3.05) is 38.7 Å². The molecule has 0 spiro atoms. The molecular formula is C26H30N4O4S. The Morgan fingerprint density at radius 1 is 1.03 bits per heavy atom. The number of nitrogens with one attached hydrogen (secondary N) is 2. The van der Waals surface area contributed by atoms with Gasteiger partial charge in [0.05, 0.1) is 18.7 Å². The van der Waals surface area contributed by atoms with Crippen LogP contribution in [0.5, 0.6) is 0 Å². The fraction of sp³-hybridized carbons (Fsp3) is 0.308. The standard InChI is InChI=1S/C26H30N4O4S/c1-19-8-10-21(11-9-19)25(33)30(14-15-34-2)17-24(32)29-26-28-22(18-35-26)16-23(31)27-13-12-20-6-4-3-5-7-20/h3-11,18H,12-17H2,1-2H3,(H,27,31)(H,28,29,32). The smallest absolute Gasteiger partial charge is 0.254 e. The largest absolute Gasteiger partial charge is 0.383 e. The predicted octanol–water partition coefficient (Wildman–Crippen LogP) is 3.08. The lowest BCUT2D eigenvalue weighted by atomic mass is 10.1. The molecule has 3 amide bonds. The number of methoxy groups -OCH3 is 1. The monoisotopic (exact) mass is 494 g/mol. The molecule has 0 bridgehead atoms. The van der Waals surface area contributed by atoms with E-state index in [1.807, 2.05) is 49.4 Å². The molecule has 1 heterocycles. The molecule has 0 unspecified atom stereocenters. The first-order valence-corrected chi connectivity index (χ1v) is 12.2. The quantitative estimate of drug-likeness (QED) is 0.403. The first-order valence-electron chi connectivity index (χ1n) is 11.3. The van der Waals surface area contributed by atoms with E-state index in [2.05, 4.69) is 15.6 Å². The summed E-state index contributed by atoms with van der Waals surface area (Å²) in [4.78, 5) is 43.5. The van der Waals surface area contributed by atoms with E-state index in [0.29, 0.717) is 29.5 Å². The topological polar surface area (TPSA) is 101 Å². The van der Waals surface area contributed by atoms with Gasteiger partial charge in [-0.15, -0.1) is 11.3 Å². The molecule has 0 aliphatic rings. The van der Waals surface area contributed by atoms with Crippen molar-refractivity contribution >= 4 is 34.2 Å². The van der Waals surface area contributed by atoms with E-state index >= 15 is 0 Å². The number of hydrogen-bond acceptors (Lipinski definition) is 6. The first kappa shape index (κ1) is 26.1. The number of aromatic nitrogens is 1. The Kier molecular flexibility index (Phi) is 9.94. The number of anilines is 1. The Morgan fingerprint density at radius 2 is 1.77 bits per heavy atom. The highest BCUT2D eigenvalue weighted by molar-refractivity contribution is 7.13. The zero-order chi connectivity index (χ0) is 25.0. The van der Waals surface area contributed by atoms with Crippen LogP contribution in [0.25, 0.3) is 0 Å². The maximum absolute atomic E-state index is 12.9. The van der Waals surface area contributed by atoms with Crippen molar-refractivity contribution in [3.63, 3.8) is 0 Å². The van der Waals surface area contributed by atoms with E-state index in [-0.39, 0.29) is 37.2 Å². The highest BCUT2D eigenvalue weighted by Crippen LogP contribution is 2.16. The van der Waals surface area contributed by atoms with E-state index in [9.17, 15) is 14.4 Å². The number of hydrogen-bond donors (Lipinski definition) is 2. The van der Waals surface area contributed by atoms with Crippen LogP contribution in [0.15, 0.2) is 60.0 Å². The normalized spacial score (nSPS) is 10.6. The second kappa shape index (κ2) is 13.4. The summed E-state index contributed by atoms with van der Waals surface area (Å²) in [5.41, 5.74) is 3.29. The second-order valence-electron chi connectivity index (χ2n) is 8.04. The summed E-state index contributed by atoms with van der Waals surface area (Å²) in [5.74, 6) is -0.738. The van der Waals surface area contributed by atoms with E-state index in [1.165, 1.54) is 16.2 Å². The van der Waals surface area contributed by atoms with Gasteiger partial charge >= 0.3 is 0 Å². The fourth-order valence-corrected chi connectivity index (χ4v) is 4.05. The summed E-state index contributed by atoms with van der Waals surface area (Å²) in [6.07, 6.45) is 0.888. The molecule has 2 aromatic carbocycles. The Labute approximate surface area is 209 Å². The van der Waals surface area contributed by atoms with Crippen LogP contribution in [0.3, 0.4) is 0 Å². The summed E-state index contributed by atoms with van der Waals surface area (Å²) in [6.45, 7) is 2.95. The van der Waals surface area contributed by atoms with Crippen molar-refractivity contribution in [1.82, 2.24) is 15.2 Å². The highest BCUT2D eigenvalue weighted by Gasteiger charge is 2.19. The SMILES string of the molecule is COCCN(CC(=O)Nc1nc(CC(=O)NCCc2ccccc2)cs1)C(=O)c1ccc(C)cc1. The minimum atomic E-state index is -0.366. The zero-order valence-electron chi connectivity index (χ0n) is 20.0. The van der Waals surface area contributed by atoms with Crippen LogP contribution in [0.1, 0.15) is 27.2 Å². The highest BCUT2D eigenvalue weighted by atomic mass is 32.1. The van der Waals surface area contributed by atoms with Crippen LogP contribution in [-0.2, 0) is 27.2 Å². The number of rotatable bonds is 12. The van der Waals surface area contributed by atoms with E-state index in [4.69, 9.17) is 4.74 Å². The van der Waals surface area contributed by atoms with Gasteiger partial charge in [-0.3, -0.25) is 14.4 Å². The van der Waals surface area contributed by atoms with Crippen molar-refractivity contribution in [3.05, 3.63) is 82.4 Å². The van der Waals surface area contributed by atoms with Crippen LogP contribution in [0, 0.1) is 6.92 Å². The van der Waals surface area contributed by atoms with Crippen molar-refractivity contribution in [3.8, 4) is 0 Å². The minimum absolute atomic E-state index is 0.126. The zero-order valence-corrected chi connectivity index (χ0v) is 20.8. The van der Waals surface area contributed by atoms with Crippen LogP contribution in [0.4, 0.5) is 5.13 Å². The number of carbonyl (C=O) groups excluding carboxylic acids is 3. The summed E-state index contributed by atoms with van der Waals surface area (Å²) in [7, 11) is 1.55. The number of benzene rings is 2. The molecule has 3 aromatic rings. The molecule has 2 N–H and O–H groups in total. The first-order chi connectivity index (χ1) is 16.9. The van der Waals surface area contributed by atoms with Crippen molar-refractivity contribution in [1.29, 1.82) is 0 Å². The predicted molar refractivity (Wildman–Crippen MR) is 137 cm³/mol. The molecule has 35 heavy (non-hydrogen) atoms. The summed E-state index contributed by atoms with van der Waals surface area (Å²) in [5, 5.41) is 7.74. The van der Waals surface area contributed by atoms with Gasteiger partial charge in [-0.05, 0) is 31.0 Å². The molecular weight excluding hydrogens is 464 g/mol. The number of aryl methyl sites for hydroxylation is 1. The summed E-state index contributed by atoms with van der Waals surface area (Å²) in [6, 6.07) is 17.1. The van der Waals surface area contributed by atoms with Crippen molar-refractivity contribution in [2.45, 2.75) is 19.8 Å². The maximum atomic E-state index is 12.9. The molecule has 0 fully saturated rings. The maximum Gasteiger partial charge on any atom is 0.254 e. The Hall–Kier alpha value is -3.56. The average Bonchev–Trinajstić information content (AvgIpc) is 3.28. The molecule has 0 saturated carbocycles. The van der Waals surface area contributed by atoms with Gasteiger partial charge in [0.25, 0.3) is 5.91 Å². The third-order valence-electron chi connectivity index (χ3n) is 5.20. The summed E-state index contributed by atoms with van der Waals surface area (Å²) < 4.78 is 5.10. The van der Waals surface area contributed by atoms with Gasteiger partial charge in [-0.2, -0.15) is 0 Å². The van der Waals surface area contributed by atoms with E-state index in [0.717, 1.165) is 17.5 Å². The Balaban J connectivity index is 1.49. The van der Waals surface area contributed by atoms with Gasteiger partial charge in [0.2, 0.25) is 11.8 Å². The molecule has 3 rings (SSSR count). The third kappa shape index (κ3) is 8.62. The number of carbonyl (C=O) groups is 3. The summed E-state index contributed by atoms with van der Waals surface area (Å²) >= 11 is 1.24. The molecule has 8 nitrogen and oxygen atoms in total. The lowest BCUT2D eigenvalue weighted by Crippen LogP contribution is -2.40. The van der Waals surface area contributed by atoms with E-state index in [1.54, 1.807) is 24.6 Å². The van der Waals surface area contributed by atoms with Gasteiger partial charge in [0.15, 0.2) is 5.13 Å². The van der Waals surface area contributed by atoms with Crippen molar-refractivity contribution < 1.29 is 19.1 Å². The average molecular weight is 495 g/mol. The number of amides is 3. The van der Waals surface area contributed by atoms with Gasteiger partial charge in [-0.25, -0.2) is 4.98 Å². The molecule has 184 valence electrons. The molecule has 0 aliphatic carbocycles. The van der Waals surface area contributed by atoms with Gasteiger partial charge in [0.1, 0.15) is 6.54 Å². The number of thiazole rings is 1. The van der Waals surface area contributed by atoms with Crippen LogP contribution in [-0.4, -0.2) is 61.0 Å². The van der Waals surface area contributed by atoms with Crippen LogP contribution >= 0.6 is 11.3 Å². The fourth-order valence-electron chi connectivity index (χ4n) is 3.33. The van der Waals surface area contributed by atoms with Crippen LogP contribution < -0.4 is 10.6 Å². The van der Waals surface area contributed by atoms with Crippen LogP contribution in [0.2, 0.25) is 0 Å². The molecule has 0 aliphatic heterocycles. The molecule has 0 saturated heterocycles. The Morgan fingerprint density at radius 3 is 2.49 bits per heavy atom. The van der Waals surface area contributed by atoms with Gasteiger partial charge < -0.3 is 20.3 Å². The molecule has 0 atom stereocenters. The molecule has 1 aromatic heterocycles. The lowest BCUT2D eigenvalue weighted by molar-refractivity contribution is -0.120. The van der Waals surface area contributed by atoms with Crippen molar-refractivity contribution in [2.24, 2.45) is 0 Å². The third-order valence-corrected chi connectivity index (χ3v) is 6.01. The van der Waals surface area contributed by atoms with Gasteiger partial charge in [-0.1, -0.05) is 48.0 Å². The Bertz CT molecular complexity index is 1120.